The Morgan fingerprint density at radius 1 is 1.61 bits per heavy atom. The fourth-order valence-corrected chi connectivity index (χ4v) is 1.69. The third-order valence-electron chi connectivity index (χ3n) is 2.68. The lowest BCUT2D eigenvalue weighted by atomic mass is 10.3. The van der Waals surface area contributed by atoms with Crippen molar-refractivity contribution >= 4 is 5.91 Å². The van der Waals surface area contributed by atoms with Gasteiger partial charge in [0.2, 0.25) is 5.91 Å². The number of aromatic nitrogens is 5. The van der Waals surface area contributed by atoms with Crippen molar-refractivity contribution in [1.82, 2.24) is 29.9 Å². The molecule has 0 fully saturated rings. The first-order valence-corrected chi connectivity index (χ1v) is 5.70. The zero-order valence-electron chi connectivity index (χ0n) is 10.7. The van der Waals surface area contributed by atoms with Crippen LogP contribution in [-0.4, -0.2) is 42.8 Å². The molecule has 2 rings (SSSR count). The third kappa shape index (κ3) is 2.55. The van der Waals surface area contributed by atoms with E-state index in [0.717, 1.165) is 5.82 Å². The van der Waals surface area contributed by atoms with Gasteiger partial charge in [-0.1, -0.05) is 0 Å². The zero-order valence-corrected chi connectivity index (χ0v) is 10.7. The molecule has 2 heterocycles. The van der Waals surface area contributed by atoms with E-state index < -0.39 is 0 Å². The Kier molecular flexibility index (Phi) is 3.40. The van der Waals surface area contributed by atoms with Crippen molar-refractivity contribution in [2.24, 2.45) is 0 Å². The lowest BCUT2D eigenvalue weighted by molar-refractivity contribution is -0.133. The number of nitrogens with zero attached hydrogens (tertiary/aromatic N) is 5. The lowest BCUT2D eigenvalue weighted by Gasteiger charge is -2.20. The fraction of sp³-hybridized carbons (Fsp3) is 0.455. The predicted octanol–water partition coefficient (Wildman–Crippen LogP) is 0.529. The molecule has 0 aliphatic heterocycles. The summed E-state index contributed by atoms with van der Waals surface area (Å²) in [4.78, 5) is 17.9. The Bertz CT molecular complexity index is 517. The summed E-state index contributed by atoms with van der Waals surface area (Å²) >= 11 is 0. The SMILES string of the molecule is Cc1nc(CN(C)C(=O)C(C)n2cccn2)n[nH]1. The first-order valence-electron chi connectivity index (χ1n) is 5.70. The maximum atomic E-state index is 12.2. The van der Waals surface area contributed by atoms with E-state index in [1.165, 1.54) is 0 Å². The minimum absolute atomic E-state index is 0.0267. The van der Waals surface area contributed by atoms with E-state index in [0.29, 0.717) is 12.4 Å². The summed E-state index contributed by atoms with van der Waals surface area (Å²) < 4.78 is 1.63. The van der Waals surface area contributed by atoms with Crippen molar-refractivity contribution in [1.29, 1.82) is 0 Å². The Balaban J connectivity index is 2.00. The van der Waals surface area contributed by atoms with E-state index in [-0.39, 0.29) is 11.9 Å². The predicted molar refractivity (Wildman–Crippen MR) is 64.5 cm³/mol. The van der Waals surface area contributed by atoms with Crippen LogP contribution in [0, 0.1) is 6.92 Å². The van der Waals surface area contributed by atoms with Crippen LogP contribution in [0.4, 0.5) is 0 Å². The third-order valence-corrected chi connectivity index (χ3v) is 2.68. The van der Waals surface area contributed by atoms with Crippen LogP contribution in [-0.2, 0) is 11.3 Å². The molecular formula is C11H16N6O. The van der Waals surface area contributed by atoms with E-state index in [9.17, 15) is 4.79 Å². The minimum atomic E-state index is -0.329. The second-order valence-electron chi connectivity index (χ2n) is 4.19. The van der Waals surface area contributed by atoms with Crippen LogP contribution < -0.4 is 0 Å². The quantitative estimate of drug-likeness (QED) is 0.856. The molecule has 96 valence electrons. The van der Waals surface area contributed by atoms with Gasteiger partial charge >= 0.3 is 0 Å². The molecule has 7 nitrogen and oxygen atoms in total. The Morgan fingerprint density at radius 3 is 2.94 bits per heavy atom. The molecule has 0 aliphatic rings. The maximum absolute atomic E-state index is 12.2. The molecule has 1 atom stereocenters. The van der Waals surface area contributed by atoms with Gasteiger partial charge in [0.15, 0.2) is 5.82 Å². The largest absolute Gasteiger partial charge is 0.336 e. The molecule has 0 radical (unpaired) electrons. The average Bonchev–Trinajstić information content (AvgIpc) is 2.98. The van der Waals surface area contributed by atoms with E-state index in [4.69, 9.17) is 0 Å². The maximum Gasteiger partial charge on any atom is 0.247 e. The smallest absolute Gasteiger partial charge is 0.247 e. The lowest BCUT2D eigenvalue weighted by Crippen LogP contribution is -2.33. The van der Waals surface area contributed by atoms with Crippen molar-refractivity contribution in [3.63, 3.8) is 0 Å². The summed E-state index contributed by atoms with van der Waals surface area (Å²) in [5.74, 6) is 1.32. The van der Waals surface area contributed by atoms with E-state index in [1.54, 1.807) is 35.1 Å². The van der Waals surface area contributed by atoms with Gasteiger partial charge in [0.05, 0.1) is 6.54 Å². The Hall–Kier alpha value is -2.18. The van der Waals surface area contributed by atoms with E-state index >= 15 is 0 Å². The Morgan fingerprint density at radius 2 is 2.39 bits per heavy atom. The number of carbonyl (C=O) groups excluding carboxylic acids is 1. The number of hydrogen-bond donors (Lipinski definition) is 1. The first kappa shape index (κ1) is 12.3. The number of H-pyrrole nitrogens is 1. The highest BCUT2D eigenvalue weighted by atomic mass is 16.2. The van der Waals surface area contributed by atoms with E-state index in [2.05, 4.69) is 20.3 Å². The second-order valence-corrected chi connectivity index (χ2v) is 4.19. The summed E-state index contributed by atoms with van der Waals surface area (Å²) in [6, 6.07) is 1.47. The molecule has 0 bridgehead atoms. The van der Waals surface area contributed by atoms with Crippen LogP contribution in [0.25, 0.3) is 0 Å². The molecule has 7 heteroatoms. The molecule has 0 saturated carbocycles. The Labute approximate surface area is 105 Å². The van der Waals surface area contributed by atoms with Gasteiger partial charge in [-0.2, -0.15) is 10.2 Å². The summed E-state index contributed by atoms with van der Waals surface area (Å²) in [6.45, 7) is 4.02. The monoisotopic (exact) mass is 248 g/mol. The number of aryl methyl sites for hydroxylation is 1. The number of likely N-dealkylation sites (N-methyl/N-ethyl adjacent to an activating group) is 1. The molecule has 0 aromatic carbocycles. The molecule has 1 N–H and O–H groups in total. The van der Waals surface area contributed by atoms with Gasteiger partial charge < -0.3 is 4.90 Å². The minimum Gasteiger partial charge on any atom is -0.336 e. The molecule has 1 unspecified atom stereocenters. The topological polar surface area (TPSA) is 79.7 Å². The molecule has 2 aromatic heterocycles. The zero-order chi connectivity index (χ0) is 13.1. The van der Waals surface area contributed by atoms with Gasteiger partial charge in [-0.05, 0) is 19.9 Å². The van der Waals surface area contributed by atoms with Crippen LogP contribution in [0.5, 0.6) is 0 Å². The molecule has 0 saturated heterocycles. The van der Waals surface area contributed by atoms with Crippen molar-refractivity contribution < 1.29 is 4.79 Å². The van der Waals surface area contributed by atoms with Gasteiger partial charge in [0.1, 0.15) is 11.9 Å². The standard InChI is InChI=1S/C11H16N6O/c1-8(17-6-4-5-12-17)11(18)16(3)7-10-13-9(2)14-15-10/h4-6,8H,7H2,1-3H3,(H,13,14,15). The summed E-state index contributed by atoms with van der Waals surface area (Å²) in [6.07, 6.45) is 3.43. The van der Waals surface area contributed by atoms with Crippen molar-refractivity contribution in [3.05, 3.63) is 30.1 Å². The van der Waals surface area contributed by atoms with Gasteiger partial charge in [0, 0.05) is 19.4 Å². The second kappa shape index (κ2) is 4.99. The van der Waals surface area contributed by atoms with E-state index in [1.807, 2.05) is 13.8 Å². The number of aromatic amines is 1. The van der Waals surface area contributed by atoms with Crippen LogP contribution in [0.15, 0.2) is 18.5 Å². The van der Waals surface area contributed by atoms with Crippen molar-refractivity contribution in [2.75, 3.05) is 7.05 Å². The molecule has 18 heavy (non-hydrogen) atoms. The summed E-state index contributed by atoms with van der Waals surface area (Å²) in [5, 5.41) is 10.8. The van der Waals surface area contributed by atoms with Crippen LogP contribution in [0.3, 0.4) is 0 Å². The molecule has 2 aromatic rings. The van der Waals surface area contributed by atoms with Gasteiger partial charge in [-0.3, -0.25) is 14.6 Å². The number of carbonyl (C=O) groups is 1. The summed E-state index contributed by atoms with van der Waals surface area (Å²) in [7, 11) is 1.73. The molecule has 1 amide bonds. The van der Waals surface area contributed by atoms with Crippen molar-refractivity contribution in [3.8, 4) is 0 Å². The molecular weight excluding hydrogens is 232 g/mol. The van der Waals surface area contributed by atoms with Crippen LogP contribution in [0.1, 0.15) is 24.6 Å². The number of nitrogens with one attached hydrogen (secondary N) is 1. The van der Waals surface area contributed by atoms with Crippen molar-refractivity contribution in [2.45, 2.75) is 26.4 Å². The first-order chi connectivity index (χ1) is 8.58. The number of amides is 1. The molecule has 0 spiro atoms. The average molecular weight is 248 g/mol. The fourth-order valence-electron chi connectivity index (χ4n) is 1.69. The highest BCUT2D eigenvalue weighted by Gasteiger charge is 2.20. The van der Waals surface area contributed by atoms with Gasteiger partial charge in [-0.25, -0.2) is 4.98 Å². The molecule has 0 aliphatic carbocycles. The number of rotatable bonds is 4. The van der Waals surface area contributed by atoms with Crippen LogP contribution in [0.2, 0.25) is 0 Å². The highest BCUT2D eigenvalue weighted by Crippen LogP contribution is 2.09. The summed E-state index contributed by atoms with van der Waals surface area (Å²) in [5.41, 5.74) is 0. The van der Waals surface area contributed by atoms with Crippen LogP contribution >= 0.6 is 0 Å². The number of hydrogen-bond acceptors (Lipinski definition) is 4. The normalized spacial score (nSPS) is 12.4. The van der Waals surface area contributed by atoms with Gasteiger partial charge in [-0.15, -0.1) is 0 Å². The van der Waals surface area contributed by atoms with Gasteiger partial charge in [0.25, 0.3) is 0 Å². The highest BCUT2D eigenvalue weighted by molar-refractivity contribution is 5.79.